The van der Waals surface area contributed by atoms with Crippen LogP contribution in [0.3, 0.4) is 0 Å². The number of methoxy groups -OCH3 is 2. The van der Waals surface area contributed by atoms with Gasteiger partial charge in [-0.2, -0.15) is 0 Å². The maximum absolute atomic E-state index is 13.7. The van der Waals surface area contributed by atoms with E-state index in [0.29, 0.717) is 58.3 Å². The van der Waals surface area contributed by atoms with Crippen molar-refractivity contribution >= 4 is 46.2 Å². The van der Waals surface area contributed by atoms with Crippen LogP contribution in [-0.2, 0) is 19.1 Å². The fraction of sp³-hybridized carbons (Fsp3) is 0.429. The number of oxazole rings is 2. The molecular weight excluding hydrogens is 773 g/mol. The number of alkyl carbamates (subject to hydrolysis) is 2. The summed E-state index contributed by atoms with van der Waals surface area (Å²) in [5, 5.41) is 5.38. The molecule has 0 spiro atoms. The highest BCUT2D eigenvalue weighted by atomic mass is 16.5. The van der Waals surface area contributed by atoms with Gasteiger partial charge in [-0.25, -0.2) is 29.5 Å². The number of likely N-dealkylation sites (tertiary alicyclic amines) is 2. The first-order valence-corrected chi connectivity index (χ1v) is 20.1. The molecule has 0 bridgehead atoms. The molecule has 18 heteroatoms. The second-order valence-electron chi connectivity index (χ2n) is 15.8. The Labute approximate surface area is 344 Å². The number of benzene rings is 2. The summed E-state index contributed by atoms with van der Waals surface area (Å²) in [6.45, 7) is 8.61. The first-order valence-electron chi connectivity index (χ1n) is 20.1. The van der Waals surface area contributed by atoms with Crippen LogP contribution in [0.1, 0.15) is 77.1 Å². The second kappa shape index (κ2) is 16.5. The van der Waals surface area contributed by atoms with Crippen molar-refractivity contribution in [3.05, 3.63) is 61.1 Å². The van der Waals surface area contributed by atoms with E-state index in [1.807, 2.05) is 52.0 Å². The van der Waals surface area contributed by atoms with Gasteiger partial charge in [0.1, 0.15) is 34.8 Å². The van der Waals surface area contributed by atoms with E-state index in [-0.39, 0.29) is 35.7 Å². The molecule has 0 unspecified atom stereocenters. The van der Waals surface area contributed by atoms with Crippen LogP contribution < -0.4 is 10.6 Å². The maximum atomic E-state index is 13.7. The van der Waals surface area contributed by atoms with Crippen LogP contribution in [-0.4, -0.2) is 103 Å². The Hall–Kier alpha value is -6.72. The molecule has 2 saturated heterocycles. The van der Waals surface area contributed by atoms with Crippen molar-refractivity contribution in [1.82, 2.24) is 50.3 Å². The van der Waals surface area contributed by atoms with Crippen LogP contribution in [0.5, 0.6) is 0 Å². The van der Waals surface area contributed by atoms with Crippen molar-refractivity contribution in [3.63, 3.8) is 0 Å². The molecule has 0 saturated carbocycles. The van der Waals surface area contributed by atoms with Crippen LogP contribution >= 0.6 is 0 Å². The Balaban J connectivity index is 1.05. The summed E-state index contributed by atoms with van der Waals surface area (Å²) < 4.78 is 21.5. The zero-order chi connectivity index (χ0) is 42.2. The molecule has 4 amide bonds. The number of hydrogen-bond donors (Lipinski definition) is 4. The lowest BCUT2D eigenvalue weighted by Gasteiger charge is -2.30. The quantitative estimate of drug-likeness (QED) is 0.110. The van der Waals surface area contributed by atoms with Gasteiger partial charge in [0.05, 0.1) is 50.1 Å². The normalized spacial score (nSPS) is 17.8. The van der Waals surface area contributed by atoms with Gasteiger partial charge in [0.2, 0.25) is 11.8 Å². The van der Waals surface area contributed by atoms with Crippen LogP contribution in [0.15, 0.2) is 58.3 Å². The molecule has 6 aromatic rings. The van der Waals surface area contributed by atoms with Crippen LogP contribution in [0, 0.1) is 11.8 Å². The van der Waals surface area contributed by atoms with Gasteiger partial charge in [0.15, 0.2) is 24.0 Å². The summed E-state index contributed by atoms with van der Waals surface area (Å²) in [5.74, 6) is 0.607. The lowest BCUT2D eigenvalue weighted by molar-refractivity contribution is -0.136. The summed E-state index contributed by atoms with van der Waals surface area (Å²) in [5.41, 5.74) is 6.76. The molecule has 18 nitrogen and oxygen atoms in total. The summed E-state index contributed by atoms with van der Waals surface area (Å²) in [4.78, 5) is 80.5. The van der Waals surface area contributed by atoms with Gasteiger partial charge in [-0.3, -0.25) is 9.59 Å². The molecule has 2 aromatic carbocycles. The molecule has 0 radical (unpaired) electrons. The highest BCUT2D eigenvalue weighted by molar-refractivity contribution is 6.06. The van der Waals surface area contributed by atoms with Gasteiger partial charge >= 0.3 is 12.2 Å². The molecule has 314 valence electrons. The van der Waals surface area contributed by atoms with E-state index >= 15 is 0 Å². The predicted molar refractivity (Wildman–Crippen MR) is 218 cm³/mol. The van der Waals surface area contributed by atoms with Gasteiger partial charge in [-0.1, -0.05) is 39.8 Å². The van der Waals surface area contributed by atoms with Crippen molar-refractivity contribution in [2.75, 3.05) is 27.3 Å². The largest absolute Gasteiger partial charge is 0.453 e. The number of fused-ring (bicyclic) bond motifs is 2. The molecule has 2 aliphatic heterocycles. The third-order valence-corrected chi connectivity index (χ3v) is 11.5. The minimum atomic E-state index is -0.738. The van der Waals surface area contributed by atoms with Crippen molar-refractivity contribution in [3.8, 4) is 33.6 Å². The average molecular weight is 821 g/mol. The van der Waals surface area contributed by atoms with E-state index in [1.165, 1.54) is 27.0 Å². The molecule has 6 heterocycles. The fourth-order valence-corrected chi connectivity index (χ4v) is 8.43. The van der Waals surface area contributed by atoms with E-state index < -0.39 is 24.3 Å². The summed E-state index contributed by atoms with van der Waals surface area (Å²) in [7, 11) is 2.55. The Bertz CT molecular complexity index is 2380. The number of amides is 4. The summed E-state index contributed by atoms with van der Waals surface area (Å²) in [6, 6.07) is 5.72. The molecule has 4 N–H and O–H groups in total. The Morgan fingerprint density at radius 1 is 0.650 bits per heavy atom. The smallest absolute Gasteiger partial charge is 0.407 e. The number of aromatic nitrogens is 6. The predicted octanol–water partition coefficient (Wildman–Crippen LogP) is 6.50. The van der Waals surface area contributed by atoms with Gasteiger partial charge in [0, 0.05) is 35.3 Å². The van der Waals surface area contributed by atoms with E-state index in [9.17, 15) is 19.2 Å². The number of H-pyrrole nitrogens is 2. The fourth-order valence-electron chi connectivity index (χ4n) is 8.43. The average Bonchev–Trinajstić information content (AvgIpc) is 4.10. The van der Waals surface area contributed by atoms with Crippen LogP contribution in [0.4, 0.5) is 9.59 Å². The number of nitrogens with zero attached hydrogens (tertiary/aromatic N) is 6. The van der Waals surface area contributed by atoms with E-state index in [1.54, 1.807) is 22.2 Å². The molecule has 4 atom stereocenters. The lowest BCUT2D eigenvalue weighted by Crippen LogP contribution is -2.51. The third kappa shape index (κ3) is 7.30. The third-order valence-electron chi connectivity index (χ3n) is 11.5. The molecule has 60 heavy (non-hydrogen) atoms. The number of rotatable bonds is 11. The second-order valence-corrected chi connectivity index (χ2v) is 15.8. The summed E-state index contributed by atoms with van der Waals surface area (Å²) in [6.07, 6.45) is 7.98. The molecule has 2 aliphatic rings. The minimum Gasteiger partial charge on any atom is -0.453 e. The lowest BCUT2D eigenvalue weighted by atomic mass is 9.98. The molecule has 2 fully saturated rings. The number of aromatic amines is 2. The van der Waals surface area contributed by atoms with Gasteiger partial charge in [-0.05, 0) is 49.7 Å². The van der Waals surface area contributed by atoms with Crippen molar-refractivity contribution < 1.29 is 37.5 Å². The standard InChI is InChI=1S/C42H48N10O8/c1-21(2)31(49-41(55)57-5)39(53)51-15-7-9-29(51)37-43-17-27(47-37)25-13-11-23(33-35(25)59-19-45-33)24-12-14-26(36-34(24)46-20-60-36)28-18-44-38(48-28)30-10-8-16-52(30)40(54)32(22(3)4)50-42(56)58-6/h11-14,17-22,29-32H,7-10,15-16H2,1-6H3,(H,43,47)(H,44,48)(H,49,55)(H,50,56)/t29-,30-,31-,32-/m0/s1. The minimum absolute atomic E-state index is 0.147. The van der Waals surface area contributed by atoms with Crippen molar-refractivity contribution in [2.24, 2.45) is 11.8 Å². The number of hydrogen-bond acceptors (Lipinski definition) is 12. The first kappa shape index (κ1) is 40.1. The van der Waals surface area contributed by atoms with E-state index in [4.69, 9.17) is 28.3 Å². The van der Waals surface area contributed by atoms with Crippen molar-refractivity contribution in [1.29, 1.82) is 0 Å². The topological polar surface area (TPSA) is 227 Å². The Morgan fingerprint density at radius 3 is 1.43 bits per heavy atom. The SMILES string of the molecule is COC(=O)N[C@H](C(=O)N1CCC[C@H]1c1ncc(-c2ccc(-c3ccc(-c4cnc([C@@H]5CCCN5C(=O)[C@@H](NC(=O)OC)C(C)C)[nH]4)c4ocnc34)c3ncoc23)[nH]1)C(C)C. The van der Waals surface area contributed by atoms with Gasteiger partial charge < -0.3 is 48.7 Å². The maximum Gasteiger partial charge on any atom is 0.407 e. The molecular formula is C42H48N10O8. The number of imidazole rings is 2. The van der Waals surface area contributed by atoms with Gasteiger partial charge in [-0.15, -0.1) is 0 Å². The first-order chi connectivity index (χ1) is 29.0. The monoisotopic (exact) mass is 820 g/mol. The highest BCUT2D eigenvalue weighted by Gasteiger charge is 2.39. The summed E-state index contributed by atoms with van der Waals surface area (Å²) >= 11 is 0. The van der Waals surface area contributed by atoms with Gasteiger partial charge in [0.25, 0.3) is 0 Å². The van der Waals surface area contributed by atoms with Crippen LogP contribution in [0.25, 0.3) is 55.8 Å². The zero-order valence-corrected chi connectivity index (χ0v) is 34.3. The number of ether oxygens (including phenoxy) is 2. The van der Waals surface area contributed by atoms with E-state index in [0.717, 1.165) is 47.9 Å². The Morgan fingerprint density at radius 2 is 1.05 bits per heavy atom. The Kier molecular flexibility index (Phi) is 11.0. The molecule has 8 rings (SSSR count). The number of carbonyl (C=O) groups is 4. The van der Waals surface area contributed by atoms with Crippen molar-refractivity contribution in [2.45, 2.75) is 77.5 Å². The highest BCUT2D eigenvalue weighted by Crippen LogP contribution is 2.41. The zero-order valence-electron chi connectivity index (χ0n) is 34.3. The molecule has 4 aromatic heterocycles. The molecule has 0 aliphatic carbocycles. The van der Waals surface area contributed by atoms with Crippen LogP contribution in [0.2, 0.25) is 0 Å². The number of carbonyl (C=O) groups excluding carboxylic acids is 4. The number of nitrogens with one attached hydrogen (secondary N) is 4. The van der Waals surface area contributed by atoms with E-state index in [2.05, 4.69) is 30.6 Å².